The van der Waals surface area contributed by atoms with E-state index in [1.54, 1.807) is 30.3 Å². The van der Waals surface area contributed by atoms with Gasteiger partial charge in [0.25, 0.3) is 0 Å². The van der Waals surface area contributed by atoms with Gasteiger partial charge in [-0.2, -0.15) is 0 Å². The van der Waals surface area contributed by atoms with Crippen LogP contribution in [-0.4, -0.2) is 19.6 Å². The summed E-state index contributed by atoms with van der Waals surface area (Å²) in [5.74, 6) is 0.331. The van der Waals surface area contributed by atoms with Crippen molar-refractivity contribution in [3.05, 3.63) is 58.9 Å². The molecule has 2 rings (SSSR count). The Kier molecular flexibility index (Phi) is 6.79. The fraction of sp³-hybridized carbons (Fsp3) is 0.316. The molecule has 25 heavy (non-hydrogen) atoms. The molecule has 2 N–H and O–H groups in total. The lowest BCUT2D eigenvalue weighted by Gasteiger charge is -2.23. The summed E-state index contributed by atoms with van der Waals surface area (Å²) in [5, 5.41) is 6.44. The van der Waals surface area contributed by atoms with Gasteiger partial charge in [0.1, 0.15) is 11.6 Å². The smallest absolute Gasteiger partial charge is 0.238 e. The molecule has 0 spiro atoms. The van der Waals surface area contributed by atoms with Crippen molar-refractivity contribution in [2.75, 3.05) is 19.0 Å². The molecule has 6 heteroatoms. The molecule has 0 saturated carbocycles. The Bertz CT molecular complexity index is 720. The summed E-state index contributed by atoms with van der Waals surface area (Å²) in [6.45, 7) is 4.22. The molecule has 0 heterocycles. The van der Waals surface area contributed by atoms with Crippen LogP contribution in [0.3, 0.4) is 0 Å². The highest BCUT2D eigenvalue weighted by Crippen LogP contribution is 2.27. The molecule has 0 aliphatic carbocycles. The average Bonchev–Trinajstić information content (AvgIpc) is 2.56. The van der Waals surface area contributed by atoms with Gasteiger partial charge in [-0.05, 0) is 41.8 Å². The predicted molar refractivity (Wildman–Crippen MR) is 98.6 cm³/mol. The molecule has 0 aliphatic heterocycles. The van der Waals surface area contributed by atoms with Gasteiger partial charge in [0.2, 0.25) is 5.91 Å². The van der Waals surface area contributed by atoms with Crippen LogP contribution >= 0.6 is 11.6 Å². The topological polar surface area (TPSA) is 50.4 Å². The molecule has 0 unspecified atom stereocenters. The van der Waals surface area contributed by atoms with E-state index in [0.717, 1.165) is 5.56 Å². The van der Waals surface area contributed by atoms with Gasteiger partial charge in [-0.15, -0.1) is 0 Å². The number of anilines is 1. The van der Waals surface area contributed by atoms with Crippen molar-refractivity contribution in [1.82, 2.24) is 5.32 Å². The molecule has 2 aromatic rings. The number of ether oxygens (including phenoxy) is 1. The molecular formula is C19H22ClFN2O2. The Balaban J connectivity index is 1.97. The molecule has 2 aromatic carbocycles. The maximum Gasteiger partial charge on any atom is 0.238 e. The van der Waals surface area contributed by atoms with Crippen molar-refractivity contribution >= 4 is 23.2 Å². The van der Waals surface area contributed by atoms with Crippen LogP contribution in [0, 0.1) is 11.7 Å². The van der Waals surface area contributed by atoms with Gasteiger partial charge in [0.05, 0.1) is 18.7 Å². The third-order valence-electron chi connectivity index (χ3n) is 3.81. The zero-order valence-corrected chi connectivity index (χ0v) is 15.2. The number of benzene rings is 2. The Labute approximate surface area is 152 Å². The Hall–Kier alpha value is -2.11. The van der Waals surface area contributed by atoms with Crippen molar-refractivity contribution in [2.45, 2.75) is 19.9 Å². The maximum atomic E-state index is 13.1. The molecule has 0 radical (unpaired) electrons. The summed E-state index contributed by atoms with van der Waals surface area (Å²) in [4.78, 5) is 12.2. The summed E-state index contributed by atoms with van der Waals surface area (Å²) < 4.78 is 18.2. The van der Waals surface area contributed by atoms with Gasteiger partial charge in [0, 0.05) is 11.7 Å². The van der Waals surface area contributed by atoms with Crippen LogP contribution in [0.5, 0.6) is 5.75 Å². The third kappa shape index (κ3) is 5.44. The highest BCUT2D eigenvalue weighted by molar-refractivity contribution is 6.32. The fourth-order valence-corrected chi connectivity index (χ4v) is 2.82. The molecule has 0 aromatic heterocycles. The van der Waals surface area contributed by atoms with Gasteiger partial charge in [0.15, 0.2) is 0 Å². The largest absolute Gasteiger partial charge is 0.495 e. The zero-order valence-electron chi connectivity index (χ0n) is 14.5. The Morgan fingerprint density at radius 1 is 1.20 bits per heavy atom. The number of methoxy groups -OCH3 is 1. The standard InChI is InChI=1S/C19H22ClFN2O2/c1-12(2)19(13-4-6-14(21)7-5-13)22-11-18(24)23-15-8-9-17(25-3)16(20)10-15/h4-10,12,19,22H,11H2,1-3H3,(H,23,24)/t19-/m0/s1. The van der Waals surface area contributed by atoms with Crippen LogP contribution in [0.15, 0.2) is 42.5 Å². The van der Waals surface area contributed by atoms with E-state index in [4.69, 9.17) is 16.3 Å². The highest BCUT2D eigenvalue weighted by atomic mass is 35.5. The maximum absolute atomic E-state index is 13.1. The number of carbonyl (C=O) groups is 1. The monoisotopic (exact) mass is 364 g/mol. The minimum atomic E-state index is -0.277. The van der Waals surface area contributed by atoms with Gasteiger partial charge >= 0.3 is 0 Å². The van der Waals surface area contributed by atoms with Crippen LogP contribution < -0.4 is 15.4 Å². The van der Waals surface area contributed by atoms with Crippen molar-refractivity contribution in [1.29, 1.82) is 0 Å². The van der Waals surface area contributed by atoms with E-state index in [-0.39, 0.29) is 30.2 Å². The van der Waals surface area contributed by atoms with Crippen LogP contribution in [0.25, 0.3) is 0 Å². The second-order valence-electron chi connectivity index (χ2n) is 6.05. The number of amides is 1. The summed E-state index contributed by atoms with van der Waals surface area (Å²) >= 11 is 6.05. The van der Waals surface area contributed by atoms with E-state index in [9.17, 15) is 9.18 Å². The minimum Gasteiger partial charge on any atom is -0.495 e. The van der Waals surface area contributed by atoms with Crippen LogP contribution in [-0.2, 0) is 4.79 Å². The molecule has 1 amide bonds. The summed E-state index contributed by atoms with van der Waals surface area (Å²) in [5.41, 5.74) is 1.54. The fourth-order valence-electron chi connectivity index (χ4n) is 2.56. The number of carbonyl (C=O) groups excluding carboxylic acids is 1. The van der Waals surface area contributed by atoms with Crippen LogP contribution in [0.2, 0.25) is 5.02 Å². The summed E-state index contributed by atoms with van der Waals surface area (Å²) in [7, 11) is 1.53. The van der Waals surface area contributed by atoms with Gasteiger partial charge in [-0.25, -0.2) is 4.39 Å². The zero-order chi connectivity index (χ0) is 18.4. The normalized spacial score (nSPS) is 12.1. The molecule has 4 nitrogen and oxygen atoms in total. The number of rotatable bonds is 7. The van der Waals surface area contributed by atoms with Crippen LogP contribution in [0.1, 0.15) is 25.5 Å². The molecule has 1 atom stereocenters. The molecule has 0 saturated heterocycles. The van der Waals surface area contributed by atoms with E-state index in [1.165, 1.54) is 19.2 Å². The van der Waals surface area contributed by atoms with E-state index >= 15 is 0 Å². The van der Waals surface area contributed by atoms with Crippen molar-refractivity contribution in [2.24, 2.45) is 5.92 Å². The van der Waals surface area contributed by atoms with Gasteiger partial charge < -0.3 is 15.4 Å². The lowest BCUT2D eigenvalue weighted by molar-refractivity contribution is -0.115. The molecule has 0 fully saturated rings. The first kappa shape index (κ1) is 19.2. The van der Waals surface area contributed by atoms with Crippen molar-refractivity contribution < 1.29 is 13.9 Å². The summed E-state index contributed by atoms with van der Waals surface area (Å²) in [6.07, 6.45) is 0. The van der Waals surface area contributed by atoms with E-state index in [1.807, 2.05) is 13.8 Å². The number of nitrogens with one attached hydrogen (secondary N) is 2. The molecule has 0 aliphatic rings. The first-order valence-corrected chi connectivity index (χ1v) is 8.40. The molecule has 0 bridgehead atoms. The summed E-state index contributed by atoms with van der Waals surface area (Å²) in [6, 6.07) is 11.3. The van der Waals surface area contributed by atoms with E-state index in [2.05, 4.69) is 10.6 Å². The third-order valence-corrected chi connectivity index (χ3v) is 4.11. The first-order valence-electron chi connectivity index (χ1n) is 8.03. The first-order chi connectivity index (χ1) is 11.9. The molecular weight excluding hydrogens is 343 g/mol. The molecule has 134 valence electrons. The second kappa shape index (κ2) is 8.83. The predicted octanol–water partition coefficient (Wildman–Crippen LogP) is 4.41. The lowest BCUT2D eigenvalue weighted by Crippen LogP contribution is -2.33. The number of hydrogen-bond donors (Lipinski definition) is 2. The average molecular weight is 365 g/mol. The number of halogens is 2. The van der Waals surface area contributed by atoms with Crippen LogP contribution in [0.4, 0.5) is 10.1 Å². The van der Waals surface area contributed by atoms with E-state index < -0.39 is 0 Å². The minimum absolute atomic E-state index is 0.0502. The van der Waals surface area contributed by atoms with Gasteiger partial charge in [-0.1, -0.05) is 37.6 Å². The quantitative estimate of drug-likeness (QED) is 0.765. The van der Waals surface area contributed by atoms with E-state index in [0.29, 0.717) is 16.5 Å². The SMILES string of the molecule is COc1ccc(NC(=O)CN[C@H](c2ccc(F)cc2)C(C)C)cc1Cl. The second-order valence-corrected chi connectivity index (χ2v) is 6.46. The van der Waals surface area contributed by atoms with Crippen molar-refractivity contribution in [3.8, 4) is 5.75 Å². The lowest BCUT2D eigenvalue weighted by atomic mass is 9.96. The number of hydrogen-bond acceptors (Lipinski definition) is 3. The van der Waals surface area contributed by atoms with Gasteiger partial charge in [-0.3, -0.25) is 4.79 Å². The Morgan fingerprint density at radius 2 is 1.88 bits per heavy atom. The van der Waals surface area contributed by atoms with Crippen molar-refractivity contribution in [3.63, 3.8) is 0 Å². The highest BCUT2D eigenvalue weighted by Gasteiger charge is 2.17. The Morgan fingerprint density at radius 3 is 2.44 bits per heavy atom.